The maximum atomic E-state index is 12.9. The predicted octanol–water partition coefficient (Wildman–Crippen LogP) is 4.87. The topological polar surface area (TPSA) is 126 Å². The van der Waals surface area contributed by atoms with Gasteiger partial charge in [-0.1, -0.05) is 17.3 Å². The van der Waals surface area contributed by atoms with Crippen LogP contribution in [0.15, 0.2) is 53.7 Å². The summed E-state index contributed by atoms with van der Waals surface area (Å²) in [5, 5.41) is 18.3. The van der Waals surface area contributed by atoms with Crippen LogP contribution >= 0.6 is 0 Å². The Morgan fingerprint density at radius 3 is 2.10 bits per heavy atom. The number of nitrogens with zero attached hydrogens (tertiary/aromatic N) is 1. The van der Waals surface area contributed by atoms with Crippen molar-refractivity contribution in [3.63, 3.8) is 0 Å². The van der Waals surface area contributed by atoms with Crippen molar-refractivity contribution in [3.8, 4) is 0 Å². The summed E-state index contributed by atoms with van der Waals surface area (Å²) in [6, 6.07) is 10.4. The van der Waals surface area contributed by atoms with E-state index < -0.39 is 17.7 Å². The average molecular weight is 552 g/mol. The molecule has 2 amide bonds. The van der Waals surface area contributed by atoms with Gasteiger partial charge in [0.2, 0.25) is 11.8 Å². The van der Waals surface area contributed by atoms with Gasteiger partial charge in [0.25, 0.3) is 0 Å². The van der Waals surface area contributed by atoms with Crippen LogP contribution in [0, 0.1) is 0 Å². The Balaban J connectivity index is 1.73. The largest absolute Gasteiger partial charge is 0.478 e. The highest BCUT2D eigenvalue weighted by Crippen LogP contribution is 2.29. The smallest absolute Gasteiger partial charge is 0.416 e. The van der Waals surface area contributed by atoms with Gasteiger partial charge in [-0.05, 0) is 67.6 Å². The number of benzene rings is 2. The third-order valence-electron chi connectivity index (χ3n) is 5.47. The summed E-state index contributed by atoms with van der Waals surface area (Å²) in [6.07, 6.45) is -1.96. The van der Waals surface area contributed by atoms with E-state index >= 15 is 0 Å². The Hall–Kier alpha value is -3.93. The zero-order chi connectivity index (χ0) is 28.7. The third-order valence-corrected chi connectivity index (χ3v) is 5.47. The molecule has 212 valence electrons. The predicted molar refractivity (Wildman–Crippen MR) is 139 cm³/mol. The molecule has 0 fully saturated rings. The van der Waals surface area contributed by atoms with Crippen molar-refractivity contribution in [2.75, 3.05) is 32.2 Å². The van der Waals surface area contributed by atoms with E-state index in [-0.39, 0.29) is 43.4 Å². The van der Waals surface area contributed by atoms with Gasteiger partial charge in [0.15, 0.2) is 0 Å². The highest BCUT2D eigenvalue weighted by atomic mass is 19.4. The van der Waals surface area contributed by atoms with E-state index in [9.17, 15) is 27.6 Å². The molecule has 0 spiro atoms. The molecule has 0 saturated heterocycles. The van der Waals surface area contributed by atoms with Gasteiger partial charge in [-0.2, -0.15) is 13.2 Å². The molecule has 2 rings (SSSR count). The fourth-order valence-electron chi connectivity index (χ4n) is 3.41. The standard InChI is InChI=1S/C27H32F3N3O6/c1-38-17-3-2-5-23(19-8-12-21(13-9-19)27(28,29)30)33-39-18-16-31-24(34)6-4-7-25(35)32-22-14-10-20(11-15-22)26(36)37/h8-15H,2-7,16-18H2,1H3,(H,31,34)(H,32,35)(H,36,37). The second-order valence-corrected chi connectivity index (χ2v) is 8.53. The number of halogens is 3. The lowest BCUT2D eigenvalue weighted by molar-refractivity contribution is -0.137. The van der Waals surface area contributed by atoms with Gasteiger partial charge in [-0.15, -0.1) is 0 Å². The number of nitrogens with one attached hydrogen (secondary N) is 2. The molecule has 0 aliphatic heterocycles. The molecule has 0 unspecified atom stereocenters. The maximum Gasteiger partial charge on any atom is 0.416 e. The van der Waals surface area contributed by atoms with Crippen molar-refractivity contribution in [1.29, 1.82) is 0 Å². The number of hydrogen-bond donors (Lipinski definition) is 3. The van der Waals surface area contributed by atoms with Crippen molar-refractivity contribution < 1.29 is 42.2 Å². The molecule has 3 N–H and O–H groups in total. The summed E-state index contributed by atoms with van der Waals surface area (Å²) in [5.74, 6) is -1.64. The van der Waals surface area contributed by atoms with E-state index in [4.69, 9.17) is 14.7 Å². The molecule has 0 radical (unpaired) electrons. The Morgan fingerprint density at radius 1 is 0.846 bits per heavy atom. The van der Waals surface area contributed by atoms with Gasteiger partial charge < -0.3 is 25.3 Å². The highest BCUT2D eigenvalue weighted by molar-refractivity contribution is 6.00. The van der Waals surface area contributed by atoms with Crippen molar-refractivity contribution >= 4 is 29.2 Å². The van der Waals surface area contributed by atoms with E-state index in [2.05, 4.69) is 15.8 Å². The van der Waals surface area contributed by atoms with Crippen LogP contribution in [0.1, 0.15) is 60.0 Å². The molecule has 0 aliphatic rings. The summed E-state index contributed by atoms with van der Waals surface area (Å²) in [7, 11) is 1.58. The normalized spacial score (nSPS) is 11.6. The first-order valence-corrected chi connectivity index (χ1v) is 12.4. The molecule has 2 aromatic rings. The summed E-state index contributed by atoms with van der Waals surface area (Å²) in [4.78, 5) is 40.2. The molecule has 0 heterocycles. The summed E-state index contributed by atoms with van der Waals surface area (Å²) in [5.41, 5.74) is 0.828. The lowest BCUT2D eigenvalue weighted by atomic mass is 10.0. The number of carbonyl (C=O) groups excluding carboxylic acids is 2. The number of methoxy groups -OCH3 is 1. The number of anilines is 1. The summed E-state index contributed by atoms with van der Waals surface area (Å²) in [6.45, 7) is 0.768. The van der Waals surface area contributed by atoms with Gasteiger partial charge in [0.1, 0.15) is 6.61 Å². The van der Waals surface area contributed by atoms with Crippen LogP contribution in [-0.4, -0.2) is 55.5 Å². The van der Waals surface area contributed by atoms with Gasteiger partial charge in [-0.3, -0.25) is 9.59 Å². The first kappa shape index (κ1) is 31.3. The maximum absolute atomic E-state index is 12.9. The molecular formula is C27H32F3N3O6. The minimum atomic E-state index is -4.43. The molecule has 39 heavy (non-hydrogen) atoms. The van der Waals surface area contributed by atoms with Gasteiger partial charge in [0, 0.05) is 32.2 Å². The Bertz CT molecular complexity index is 1100. The van der Waals surface area contributed by atoms with E-state index in [1.54, 1.807) is 7.11 Å². The molecule has 0 saturated carbocycles. The van der Waals surface area contributed by atoms with Crippen LogP contribution in [0.5, 0.6) is 0 Å². The highest BCUT2D eigenvalue weighted by Gasteiger charge is 2.30. The molecule has 0 bridgehead atoms. The number of unbranched alkanes of at least 4 members (excludes halogenated alkanes) is 1. The number of carbonyl (C=O) groups is 3. The minimum Gasteiger partial charge on any atom is -0.478 e. The molecule has 0 atom stereocenters. The number of carboxylic acids is 1. The van der Waals surface area contributed by atoms with Gasteiger partial charge in [0.05, 0.1) is 23.4 Å². The second-order valence-electron chi connectivity index (χ2n) is 8.53. The number of rotatable bonds is 16. The number of oxime groups is 1. The number of carboxylic acid groups (broad SMARTS) is 1. The van der Waals surface area contributed by atoms with Crippen LogP contribution in [0.3, 0.4) is 0 Å². The molecule has 2 aromatic carbocycles. The molecule has 12 heteroatoms. The Morgan fingerprint density at radius 2 is 1.49 bits per heavy atom. The van der Waals surface area contributed by atoms with E-state index in [0.29, 0.717) is 42.8 Å². The SMILES string of the molecule is COCCCCC(=NOCCNC(=O)CCCC(=O)Nc1ccc(C(=O)O)cc1)c1ccc(C(F)(F)F)cc1. The first-order valence-electron chi connectivity index (χ1n) is 12.4. The number of amides is 2. The fourth-order valence-corrected chi connectivity index (χ4v) is 3.41. The zero-order valence-electron chi connectivity index (χ0n) is 21.6. The number of hydrogen-bond acceptors (Lipinski definition) is 6. The zero-order valence-corrected chi connectivity index (χ0v) is 21.6. The van der Waals surface area contributed by atoms with Crippen LogP contribution in [0.2, 0.25) is 0 Å². The third kappa shape index (κ3) is 12.0. The second kappa shape index (κ2) is 16.1. The van der Waals surface area contributed by atoms with Crippen molar-refractivity contribution in [2.45, 2.75) is 44.7 Å². The summed E-state index contributed by atoms with van der Waals surface area (Å²) < 4.78 is 43.6. The molecular weight excluding hydrogens is 519 g/mol. The van der Waals surface area contributed by atoms with Gasteiger partial charge >= 0.3 is 12.1 Å². The number of aromatic carboxylic acids is 1. The quantitative estimate of drug-likeness (QED) is 0.155. The lowest BCUT2D eigenvalue weighted by Crippen LogP contribution is -2.27. The van der Waals surface area contributed by atoms with E-state index in [0.717, 1.165) is 18.6 Å². The Labute approximate surface area is 224 Å². The monoisotopic (exact) mass is 551 g/mol. The molecule has 0 aromatic heterocycles. The van der Waals surface area contributed by atoms with Gasteiger partial charge in [-0.25, -0.2) is 4.79 Å². The first-order chi connectivity index (χ1) is 18.6. The minimum absolute atomic E-state index is 0.0563. The van der Waals surface area contributed by atoms with Crippen LogP contribution in [0.25, 0.3) is 0 Å². The van der Waals surface area contributed by atoms with Crippen LogP contribution in [-0.2, 0) is 25.3 Å². The van der Waals surface area contributed by atoms with Crippen LogP contribution in [0.4, 0.5) is 18.9 Å². The van der Waals surface area contributed by atoms with E-state index in [1.807, 2.05) is 0 Å². The molecule has 0 aliphatic carbocycles. The number of ether oxygens (including phenoxy) is 1. The number of alkyl halides is 3. The average Bonchev–Trinajstić information content (AvgIpc) is 2.89. The van der Waals surface area contributed by atoms with Crippen molar-refractivity contribution in [2.24, 2.45) is 5.16 Å². The van der Waals surface area contributed by atoms with Crippen molar-refractivity contribution in [1.82, 2.24) is 5.32 Å². The van der Waals surface area contributed by atoms with Crippen LogP contribution < -0.4 is 10.6 Å². The fraction of sp³-hybridized carbons (Fsp3) is 0.407. The summed E-state index contributed by atoms with van der Waals surface area (Å²) >= 11 is 0. The van der Waals surface area contributed by atoms with E-state index in [1.165, 1.54) is 36.4 Å². The van der Waals surface area contributed by atoms with Crippen molar-refractivity contribution in [3.05, 3.63) is 65.2 Å². The Kier molecular flexibility index (Phi) is 12.9. The molecule has 9 nitrogen and oxygen atoms in total. The lowest BCUT2D eigenvalue weighted by Gasteiger charge is -2.10.